The lowest BCUT2D eigenvalue weighted by Crippen LogP contribution is -2.33. The van der Waals surface area contributed by atoms with Crippen LogP contribution < -0.4 is 10.0 Å². The van der Waals surface area contributed by atoms with Gasteiger partial charge in [0.1, 0.15) is 6.07 Å². The highest BCUT2D eigenvalue weighted by molar-refractivity contribution is 7.92. The fraction of sp³-hybridized carbons (Fsp3) is 0.417. The molecule has 1 aromatic rings. The average molecular weight is 267 g/mol. The van der Waals surface area contributed by atoms with Crippen molar-refractivity contribution in [1.29, 1.82) is 5.26 Å². The summed E-state index contributed by atoms with van der Waals surface area (Å²) in [5.41, 5.74) is 6.72. The van der Waals surface area contributed by atoms with E-state index in [-0.39, 0.29) is 11.3 Å². The Morgan fingerprint density at radius 1 is 1.39 bits per heavy atom. The van der Waals surface area contributed by atoms with Gasteiger partial charge in [-0.05, 0) is 31.5 Å². The van der Waals surface area contributed by atoms with Gasteiger partial charge >= 0.3 is 0 Å². The van der Waals surface area contributed by atoms with E-state index in [2.05, 4.69) is 0 Å². The number of benzene rings is 1. The van der Waals surface area contributed by atoms with Crippen LogP contribution in [0.25, 0.3) is 0 Å². The minimum atomic E-state index is -3.38. The molecule has 0 saturated heterocycles. The second-order valence-corrected chi connectivity index (χ2v) is 6.04. The van der Waals surface area contributed by atoms with E-state index in [1.54, 1.807) is 19.1 Å². The molecule has 2 N–H and O–H groups in total. The van der Waals surface area contributed by atoms with Gasteiger partial charge in [0.2, 0.25) is 10.0 Å². The van der Waals surface area contributed by atoms with Crippen LogP contribution in [-0.4, -0.2) is 20.7 Å². The molecule has 0 aromatic heterocycles. The van der Waals surface area contributed by atoms with Crippen molar-refractivity contribution < 1.29 is 8.42 Å². The van der Waals surface area contributed by atoms with Crippen molar-refractivity contribution in [2.45, 2.75) is 20.3 Å². The van der Waals surface area contributed by atoms with E-state index >= 15 is 0 Å². The lowest BCUT2D eigenvalue weighted by atomic mass is 10.1. The highest BCUT2D eigenvalue weighted by atomic mass is 32.2. The number of rotatable bonds is 5. The summed E-state index contributed by atoms with van der Waals surface area (Å²) < 4.78 is 25.3. The Labute approximate surface area is 108 Å². The number of hydrogen-bond acceptors (Lipinski definition) is 4. The van der Waals surface area contributed by atoms with Crippen LogP contribution in [-0.2, 0) is 10.0 Å². The molecule has 18 heavy (non-hydrogen) atoms. The molecule has 6 heteroatoms. The zero-order valence-electron chi connectivity index (χ0n) is 10.5. The monoisotopic (exact) mass is 267 g/mol. The Hall–Kier alpha value is -1.74. The molecule has 0 unspecified atom stereocenters. The third kappa shape index (κ3) is 2.93. The van der Waals surface area contributed by atoms with Crippen LogP contribution in [0, 0.1) is 11.3 Å². The third-order valence-electron chi connectivity index (χ3n) is 2.54. The molecule has 5 nitrogen and oxygen atoms in total. The summed E-state index contributed by atoms with van der Waals surface area (Å²) in [4.78, 5) is 0. The minimum Gasteiger partial charge on any atom is -0.399 e. The first-order valence-electron chi connectivity index (χ1n) is 5.76. The Morgan fingerprint density at radius 2 is 2.06 bits per heavy atom. The van der Waals surface area contributed by atoms with Gasteiger partial charge in [-0.2, -0.15) is 5.26 Å². The summed E-state index contributed by atoms with van der Waals surface area (Å²) in [6, 6.07) is 6.66. The Kier molecular flexibility index (Phi) is 4.56. The fourth-order valence-electron chi connectivity index (χ4n) is 1.63. The van der Waals surface area contributed by atoms with Crippen LogP contribution in [0.5, 0.6) is 0 Å². The summed E-state index contributed by atoms with van der Waals surface area (Å²) in [5.74, 6) is 0.00223. The predicted octanol–water partition coefficient (Wildman–Crippen LogP) is 1.71. The smallest absolute Gasteiger partial charge is 0.234 e. The molecular weight excluding hydrogens is 250 g/mol. The second kappa shape index (κ2) is 5.74. The first-order chi connectivity index (χ1) is 8.46. The highest BCUT2D eigenvalue weighted by Crippen LogP contribution is 2.25. The number of hydrogen-bond donors (Lipinski definition) is 1. The van der Waals surface area contributed by atoms with Gasteiger partial charge in [-0.1, -0.05) is 6.92 Å². The normalized spacial score (nSPS) is 10.9. The summed E-state index contributed by atoms with van der Waals surface area (Å²) >= 11 is 0. The lowest BCUT2D eigenvalue weighted by molar-refractivity contribution is 0.591. The quantitative estimate of drug-likeness (QED) is 0.823. The Bertz CT molecular complexity index is 561. The van der Waals surface area contributed by atoms with E-state index in [0.717, 1.165) is 0 Å². The van der Waals surface area contributed by atoms with Crippen LogP contribution >= 0.6 is 0 Å². The van der Waals surface area contributed by atoms with E-state index in [0.29, 0.717) is 24.3 Å². The van der Waals surface area contributed by atoms with Crippen LogP contribution in [0.3, 0.4) is 0 Å². The van der Waals surface area contributed by atoms with E-state index in [9.17, 15) is 8.42 Å². The predicted molar refractivity (Wildman–Crippen MR) is 72.7 cm³/mol. The second-order valence-electron chi connectivity index (χ2n) is 3.86. The van der Waals surface area contributed by atoms with Gasteiger partial charge in [-0.3, -0.25) is 4.31 Å². The molecule has 0 heterocycles. The highest BCUT2D eigenvalue weighted by Gasteiger charge is 2.22. The van der Waals surface area contributed by atoms with Crippen LogP contribution in [0.4, 0.5) is 11.4 Å². The molecular formula is C12H17N3O2S. The topological polar surface area (TPSA) is 87.2 Å². The summed E-state index contributed by atoms with van der Waals surface area (Å²) in [5, 5.41) is 9.07. The van der Waals surface area contributed by atoms with E-state index in [1.165, 1.54) is 10.4 Å². The SMILES string of the molecule is CCCN(c1ccc(N)cc1C#N)S(=O)(=O)CC. The van der Waals surface area contributed by atoms with Crippen molar-refractivity contribution in [1.82, 2.24) is 0 Å². The molecule has 0 saturated carbocycles. The van der Waals surface area contributed by atoms with Gasteiger partial charge in [0.25, 0.3) is 0 Å². The molecule has 0 spiro atoms. The molecule has 98 valence electrons. The molecule has 0 aliphatic rings. The van der Waals surface area contributed by atoms with Gasteiger partial charge in [-0.15, -0.1) is 0 Å². The largest absolute Gasteiger partial charge is 0.399 e. The molecule has 0 aliphatic carbocycles. The van der Waals surface area contributed by atoms with Gasteiger partial charge < -0.3 is 5.73 Å². The van der Waals surface area contributed by atoms with Gasteiger partial charge in [0, 0.05) is 12.2 Å². The van der Waals surface area contributed by atoms with E-state index in [4.69, 9.17) is 11.0 Å². The zero-order chi connectivity index (χ0) is 13.8. The minimum absolute atomic E-state index is 0.00223. The summed E-state index contributed by atoms with van der Waals surface area (Å²) in [6.07, 6.45) is 0.675. The maximum atomic E-state index is 12.0. The molecule has 1 aromatic carbocycles. The maximum absolute atomic E-state index is 12.0. The maximum Gasteiger partial charge on any atom is 0.234 e. The van der Waals surface area contributed by atoms with E-state index in [1.807, 2.05) is 13.0 Å². The molecule has 0 aliphatic heterocycles. The Morgan fingerprint density at radius 3 is 2.56 bits per heavy atom. The van der Waals surface area contributed by atoms with Gasteiger partial charge in [0.05, 0.1) is 17.0 Å². The number of anilines is 2. The average Bonchev–Trinajstić information content (AvgIpc) is 2.36. The van der Waals surface area contributed by atoms with Crippen LogP contribution in [0.2, 0.25) is 0 Å². The molecule has 1 rings (SSSR count). The van der Waals surface area contributed by atoms with Crippen molar-refractivity contribution >= 4 is 21.4 Å². The number of nitrogen functional groups attached to an aromatic ring is 1. The van der Waals surface area contributed by atoms with Crippen LogP contribution in [0.1, 0.15) is 25.8 Å². The first-order valence-corrected chi connectivity index (χ1v) is 7.37. The number of sulfonamides is 1. The standard InChI is InChI=1S/C12H17N3O2S/c1-3-7-15(18(16,17)4-2)12-6-5-11(14)8-10(12)9-13/h5-6,8H,3-4,7,14H2,1-2H3. The number of nitrogens with two attached hydrogens (primary N) is 1. The van der Waals surface area contributed by atoms with Crippen molar-refractivity contribution in [2.24, 2.45) is 0 Å². The Balaban J connectivity index is 3.36. The van der Waals surface area contributed by atoms with Gasteiger partial charge in [0.15, 0.2) is 0 Å². The van der Waals surface area contributed by atoms with Crippen molar-refractivity contribution in [3.63, 3.8) is 0 Å². The fourth-order valence-corrected chi connectivity index (χ4v) is 2.86. The molecule has 0 amide bonds. The first kappa shape index (κ1) is 14.3. The van der Waals surface area contributed by atoms with Gasteiger partial charge in [-0.25, -0.2) is 8.42 Å². The van der Waals surface area contributed by atoms with Crippen LogP contribution in [0.15, 0.2) is 18.2 Å². The summed E-state index contributed by atoms with van der Waals surface area (Å²) in [6.45, 7) is 3.83. The van der Waals surface area contributed by atoms with Crippen molar-refractivity contribution in [3.8, 4) is 6.07 Å². The number of nitrogens with zero attached hydrogens (tertiary/aromatic N) is 2. The molecule has 0 radical (unpaired) electrons. The van der Waals surface area contributed by atoms with E-state index < -0.39 is 10.0 Å². The lowest BCUT2D eigenvalue weighted by Gasteiger charge is -2.24. The van der Waals surface area contributed by atoms with Crippen molar-refractivity contribution in [3.05, 3.63) is 23.8 Å². The number of nitriles is 1. The molecule has 0 fully saturated rings. The molecule has 0 bridgehead atoms. The zero-order valence-corrected chi connectivity index (χ0v) is 11.4. The molecule has 0 atom stereocenters. The third-order valence-corrected chi connectivity index (χ3v) is 4.32. The summed E-state index contributed by atoms with van der Waals surface area (Å²) in [7, 11) is -3.38. The van der Waals surface area contributed by atoms with Crippen molar-refractivity contribution in [2.75, 3.05) is 22.3 Å².